The van der Waals surface area contributed by atoms with Crippen molar-refractivity contribution in [1.29, 1.82) is 0 Å². The number of rotatable bonds is 4. The SMILES string of the molecule is Cc1cc(C)c(C(N)CSC(C)C)c(C)c1. The standard InChI is InChI=1S/C14H23NS/c1-9(2)16-8-13(15)14-11(4)6-10(3)7-12(14)5/h6-7,9,13H,8,15H2,1-5H3. The molecular formula is C14H23NS. The molecule has 0 spiro atoms. The molecule has 0 saturated carbocycles. The third-order valence-corrected chi connectivity index (χ3v) is 3.94. The van der Waals surface area contributed by atoms with E-state index in [4.69, 9.17) is 5.73 Å². The van der Waals surface area contributed by atoms with Crippen molar-refractivity contribution < 1.29 is 0 Å². The van der Waals surface area contributed by atoms with Crippen LogP contribution in [0.5, 0.6) is 0 Å². The van der Waals surface area contributed by atoms with Gasteiger partial charge in [-0.3, -0.25) is 0 Å². The Balaban J connectivity index is 2.86. The molecule has 0 heterocycles. The average molecular weight is 237 g/mol. The Morgan fingerprint density at radius 3 is 2.06 bits per heavy atom. The first-order valence-electron chi connectivity index (χ1n) is 5.86. The van der Waals surface area contributed by atoms with Gasteiger partial charge in [-0.15, -0.1) is 0 Å². The lowest BCUT2D eigenvalue weighted by molar-refractivity contribution is 0.810. The van der Waals surface area contributed by atoms with Gasteiger partial charge in [0.25, 0.3) is 0 Å². The van der Waals surface area contributed by atoms with Crippen LogP contribution in [0.2, 0.25) is 0 Å². The summed E-state index contributed by atoms with van der Waals surface area (Å²) in [7, 11) is 0. The molecule has 90 valence electrons. The van der Waals surface area contributed by atoms with Crippen molar-refractivity contribution >= 4 is 11.8 Å². The maximum atomic E-state index is 6.27. The fourth-order valence-corrected chi connectivity index (χ4v) is 2.91. The van der Waals surface area contributed by atoms with E-state index in [1.54, 1.807) is 0 Å². The van der Waals surface area contributed by atoms with Crippen LogP contribution in [0.15, 0.2) is 12.1 Å². The Morgan fingerprint density at radius 1 is 1.12 bits per heavy atom. The summed E-state index contributed by atoms with van der Waals surface area (Å²) in [4.78, 5) is 0. The molecule has 0 saturated heterocycles. The Kier molecular flexibility index (Phi) is 4.88. The molecule has 0 fully saturated rings. The van der Waals surface area contributed by atoms with Crippen molar-refractivity contribution in [2.45, 2.75) is 45.9 Å². The van der Waals surface area contributed by atoms with Crippen molar-refractivity contribution in [3.8, 4) is 0 Å². The van der Waals surface area contributed by atoms with Crippen molar-refractivity contribution in [3.05, 3.63) is 34.4 Å². The van der Waals surface area contributed by atoms with E-state index in [2.05, 4.69) is 46.8 Å². The smallest absolute Gasteiger partial charge is 0.0392 e. The van der Waals surface area contributed by atoms with E-state index in [1.807, 2.05) is 11.8 Å². The number of benzene rings is 1. The third kappa shape index (κ3) is 3.53. The molecule has 1 aromatic carbocycles. The first kappa shape index (κ1) is 13.6. The van der Waals surface area contributed by atoms with Crippen LogP contribution in [-0.4, -0.2) is 11.0 Å². The first-order valence-corrected chi connectivity index (χ1v) is 6.91. The summed E-state index contributed by atoms with van der Waals surface area (Å²) in [6.07, 6.45) is 0. The topological polar surface area (TPSA) is 26.0 Å². The molecule has 0 amide bonds. The van der Waals surface area contributed by atoms with Crippen LogP contribution in [0, 0.1) is 20.8 Å². The van der Waals surface area contributed by atoms with Gasteiger partial charge in [-0.25, -0.2) is 0 Å². The van der Waals surface area contributed by atoms with Gasteiger partial charge in [0.1, 0.15) is 0 Å². The van der Waals surface area contributed by atoms with E-state index in [0.29, 0.717) is 5.25 Å². The molecule has 1 atom stereocenters. The first-order chi connectivity index (χ1) is 7.41. The van der Waals surface area contributed by atoms with Crippen LogP contribution < -0.4 is 5.73 Å². The zero-order valence-electron chi connectivity index (χ0n) is 11.0. The van der Waals surface area contributed by atoms with Gasteiger partial charge < -0.3 is 5.73 Å². The number of hydrogen-bond donors (Lipinski definition) is 1. The summed E-state index contributed by atoms with van der Waals surface area (Å²) in [5.74, 6) is 1.00. The molecule has 1 rings (SSSR count). The lowest BCUT2D eigenvalue weighted by Crippen LogP contribution is -2.17. The van der Waals surface area contributed by atoms with Crippen molar-refractivity contribution in [2.75, 3.05) is 5.75 Å². The highest BCUT2D eigenvalue weighted by molar-refractivity contribution is 7.99. The Morgan fingerprint density at radius 2 is 1.62 bits per heavy atom. The van der Waals surface area contributed by atoms with Crippen LogP contribution in [0.3, 0.4) is 0 Å². The fraction of sp³-hybridized carbons (Fsp3) is 0.571. The van der Waals surface area contributed by atoms with Crippen molar-refractivity contribution in [1.82, 2.24) is 0 Å². The zero-order chi connectivity index (χ0) is 12.3. The molecule has 0 radical (unpaired) electrons. The highest BCUT2D eigenvalue weighted by Crippen LogP contribution is 2.25. The number of thioether (sulfide) groups is 1. The van der Waals surface area contributed by atoms with Crippen LogP contribution >= 0.6 is 11.8 Å². The molecule has 2 N–H and O–H groups in total. The number of hydrogen-bond acceptors (Lipinski definition) is 2. The maximum Gasteiger partial charge on any atom is 0.0392 e. The maximum absolute atomic E-state index is 6.27. The molecule has 0 aliphatic carbocycles. The minimum absolute atomic E-state index is 0.160. The summed E-state index contributed by atoms with van der Waals surface area (Å²) >= 11 is 1.93. The van der Waals surface area contributed by atoms with E-state index in [0.717, 1.165) is 5.75 Å². The Labute approximate surface area is 104 Å². The average Bonchev–Trinajstić information content (AvgIpc) is 2.12. The minimum atomic E-state index is 0.160. The quantitative estimate of drug-likeness (QED) is 0.863. The van der Waals surface area contributed by atoms with Crippen LogP contribution in [0.25, 0.3) is 0 Å². The molecule has 0 aliphatic heterocycles. The number of nitrogens with two attached hydrogens (primary N) is 1. The molecule has 0 aliphatic rings. The second-order valence-corrected chi connectivity index (χ2v) is 6.41. The van der Waals surface area contributed by atoms with Gasteiger partial charge in [-0.2, -0.15) is 11.8 Å². The Hall–Kier alpha value is -0.470. The monoisotopic (exact) mass is 237 g/mol. The summed E-state index contributed by atoms with van der Waals surface area (Å²) in [5.41, 5.74) is 11.6. The second kappa shape index (κ2) is 5.74. The zero-order valence-corrected chi connectivity index (χ0v) is 11.8. The lowest BCUT2D eigenvalue weighted by Gasteiger charge is -2.19. The number of aryl methyl sites for hydroxylation is 3. The molecule has 0 bridgehead atoms. The van der Waals surface area contributed by atoms with E-state index in [9.17, 15) is 0 Å². The Bertz CT molecular complexity index is 335. The van der Waals surface area contributed by atoms with Gasteiger partial charge in [-0.05, 0) is 42.7 Å². The minimum Gasteiger partial charge on any atom is -0.323 e. The van der Waals surface area contributed by atoms with Gasteiger partial charge >= 0.3 is 0 Å². The molecule has 2 heteroatoms. The van der Waals surface area contributed by atoms with E-state index >= 15 is 0 Å². The van der Waals surface area contributed by atoms with E-state index in [-0.39, 0.29) is 6.04 Å². The molecule has 1 nitrogen and oxygen atoms in total. The highest BCUT2D eigenvalue weighted by Gasteiger charge is 2.13. The van der Waals surface area contributed by atoms with Crippen LogP contribution in [0.1, 0.15) is 42.1 Å². The van der Waals surface area contributed by atoms with E-state index < -0.39 is 0 Å². The molecule has 1 aromatic rings. The fourth-order valence-electron chi connectivity index (χ4n) is 2.16. The van der Waals surface area contributed by atoms with Gasteiger partial charge in [0.05, 0.1) is 0 Å². The van der Waals surface area contributed by atoms with Gasteiger partial charge in [0.15, 0.2) is 0 Å². The molecule has 1 unspecified atom stereocenters. The van der Waals surface area contributed by atoms with Crippen LogP contribution in [0.4, 0.5) is 0 Å². The normalized spacial score (nSPS) is 13.2. The van der Waals surface area contributed by atoms with E-state index in [1.165, 1.54) is 22.3 Å². The summed E-state index contributed by atoms with van der Waals surface area (Å²) in [6.45, 7) is 10.9. The van der Waals surface area contributed by atoms with Gasteiger partial charge in [0.2, 0.25) is 0 Å². The highest BCUT2D eigenvalue weighted by atomic mass is 32.2. The third-order valence-electron chi connectivity index (χ3n) is 2.72. The molecule has 0 aromatic heterocycles. The van der Waals surface area contributed by atoms with Gasteiger partial charge in [0, 0.05) is 11.8 Å². The second-order valence-electron chi connectivity index (χ2n) is 4.80. The predicted molar refractivity (Wildman–Crippen MR) is 75.2 cm³/mol. The summed E-state index contributed by atoms with van der Waals surface area (Å²) in [5, 5.41) is 0.650. The summed E-state index contributed by atoms with van der Waals surface area (Å²) < 4.78 is 0. The van der Waals surface area contributed by atoms with Crippen molar-refractivity contribution in [3.63, 3.8) is 0 Å². The molecular weight excluding hydrogens is 214 g/mol. The van der Waals surface area contributed by atoms with Crippen LogP contribution in [-0.2, 0) is 0 Å². The lowest BCUT2D eigenvalue weighted by atomic mass is 9.95. The summed E-state index contributed by atoms with van der Waals surface area (Å²) in [6, 6.07) is 4.61. The van der Waals surface area contributed by atoms with Gasteiger partial charge in [-0.1, -0.05) is 31.5 Å². The largest absolute Gasteiger partial charge is 0.323 e. The van der Waals surface area contributed by atoms with Crippen molar-refractivity contribution in [2.24, 2.45) is 5.73 Å². The molecule has 16 heavy (non-hydrogen) atoms. The predicted octanol–water partition coefficient (Wildman–Crippen LogP) is 3.75.